The van der Waals surface area contributed by atoms with Gasteiger partial charge in [-0.15, -0.1) is 0 Å². The lowest BCUT2D eigenvalue weighted by Gasteiger charge is -2.42. The molecule has 2 aliphatic rings. The number of likely N-dealkylation sites (N-methyl/N-ethyl adjacent to an activating group) is 1. The van der Waals surface area contributed by atoms with E-state index >= 15 is 8.78 Å². The number of rotatable bonds is 5. The number of hydrogen-bond acceptors (Lipinski definition) is 4. The summed E-state index contributed by atoms with van der Waals surface area (Å²) in [6.07, 6.45) is 2.67. The van der Waals surface area contributed by atoms with Gasteiger partial charge < -0.3 is 10.6 Å². The molecule has 0 unspecified atom stereocenters. The van der Waals surface area contributed by atoms with Crippen molar-refractivity contribution in [2.75, 3.05) is 25.5 Å². The molecule has 1 fully saturated rings. The molecule has 2 aromatic carbocycles. The summed E-state index contributed by atoms with van der Waals surface area (Å²) in [5.74, 6) is -0.939. The molecular weight excluding hydrogens is 396 g/mol. The SMILES string of the molecule is CC(C)C[C@H]1[C@H](c2c(F)cc(NC3CNC3)cc2F)c2ccc3[nH]ncc3c2CN1C. The molecule has 3 heterocycles. The Labute approximate surface area is 181 Å². The van der Waals surface area contributed by atoms with Gasteiger partial charge in [0.05, 0.1) is 17.8 Å². The topological polar surface area (TPSA) is 56.0 Å². The molecule has 1 aromatic heterocycles. The van der Waals surface area contributed by atoms with Gasteiger partial charge in [-0.25, -0.2) is 8.78 Å². The highest BCUT2D eigenvalue weighted by molar-refractivity contribution is 5.83. The molecule has 31 heavy (non-hydrogen) atoms. The Bertz CT molecular complexity index is 1080. The van der Waals surface area contributed by atoms with Crippen molar-refractivity contribution in [1.29, 1.82) is 0 Å². The van der Waals surface area contributed by atoms with Crippen molar-refractivity contribution < 1.29 is 8.78 Å². The predicted octanol–water partition coefficient (Wildman–Crippen LogP) is 4.22. The summed E-state index contributed by atoms with van der Waals surface area (Å²) in [7, 11) is 2.05. The van der Waals surface area contributed by atoms with Crippen LogP contribution in [-0.4, -0.2) is 47.3 Å². The van der Waals surface area contributed by atoms with E-state index in [4.69, 9.17) is 0 Å². The normalized spacial score (nSPS) is 22.0. The lowest BCUT2D eigenvalue weighted by Crippen LogP contribution is -2.51. The first-order valence-electron chi connectivity index (χ1n) is 11.0. The van der Waals surface area contributed by atoms with Crippen LogP contribution in [0.1, 0.15) is 42.9 Å². The maximum atomic E-state index is 15.5. The van der Waals surface area contributed by atoms with Crippen molar-refractivity contribution in [2.24, 2.45) is 5.92 Å². The molecule has 2 aliphatic heterocycles. The second-order valence-electron chi connectivity index (χ2n) is 9.41. The molecule has 3 aromatic rings. The zero-order chi connectivity index (χ0) is 21.7. The average molecular weight is 426 g/mol. The first-order valence-corrected chi connectivity index (χ1v) is 11.0. The summed E-state index contributed by atoms with van der Waals surface area (Å²) >= 11 is 0. The number of halogens is 2. The summed E-state index contributed by atoms with van der Waals surface area (Å²) in [4.78, 5) is 2.24. The summed E-state index contributed by atoms with van der Waals surface area (Å²) in [5.41, 5.74) is 3.71. The molecule has 164 valence electrons. The molecule has 7 heteroatoms. The van der Waals surface area contributed by atoms with Crippen molar-refractivity contribution in [3.63, 3.8) is 0 Å². The monoisotopic (exact) mass is 425 g/mol. The molecule has 0 aliphatic carbocycles. The standard InChI is InChI=1S/C24H29F2N5/c1-13(2)6-22-23(16-4-5-21-17(11-28-30-21)18(16)12-31(22)3)24-19(25)7-14(8-20(24)26)29-15-9-27-10-15/h4-5,7-8,11,13,15,22-23,27,29H,6,9-10,12H2,1-3H3,(H,28,30)/t22-,23+/m0/s1. The van der Waals surface area contributed by atoms with Crippen LogP contribution in [0.3, 0.4) is 0 Å². The number of H-pyrrole nitrogens is 1. The van der Waals surface area contributed by atoms with Gasteiger partial charge in [-0.3, -0.25) is 10.00 Å². The maximum absolute atomic E-state index is 15.5. The summed E-state index contributed by atoms with van der Waals surface area (Å²) in [5, 5.41) is 14.6. The van der Waals surface area contributed by atoms with Gasteiger partial charge in [0.2, 0.25) is 0 Å². The van der Waals surface area contributed by atoms with Gasteiger partial charge >= 0.3 is 0 Å². The van der Waals surface area contributed by atoms with Gasteiger partial charge in [0.25, 0.3) is 0 Å². The molecule has 0 spiro atoms. The van der Waals surface area contributed by atoms with Crippen LogP contribution in [0.2, 0.25) is 0 Å². The first-order chi connectivity index (χ1) is 14.9. The molecule has 3 N–H and O–H groups in total. The van der Waals surface area contributed by atoms with Gasteiger partial charge in [-0.1, -0.05) is 19.9 Å². The fourth-order valence-electron chi connectivity index (χ4n) is 5.13. The number of aromatic amines is 1. The number of benzene rings is 2. The van der Waals surface area contributed by atoms with Crippen molar-refractivity contribution >= 4 is 16.6 Å². The van der Waals surface area contributed by atoms with E-state index in [0.717, 1.165) is 48.1 Å². The molecule has 2 atom stereocenters. The van der Waals surface area contributed by atoms with Crippen LogP contribution in [0.25, 0.3) is 10.9 Å². The Morgan fingerprint density at radius 3 is 2.58 bits per heavy atom. The van der Waals surface area contributed by atoms with Crippen molar-refractivity contribution in [3.8, 4) is 0 Å². The van der Waals surface area contributed by atoms with E-state index in [1.807, 2.05) is 18.3 Å². The summed E-state index contributed by atoms with van der Waals surface area (Å²) in [6, 6.07) is 7.12. The van der Waals surface area contributed by atoms with E-state index < -0.39 is 11.6 Å². The van der Waals surface area contributed by atoms with Crippen LogP contribution in [0.4, 0.5) is 14.5 Å². The van der Waals surface area contributed by atoms with E-state index in [2.05, 4.69) is 46.6 Å². The zero-order valence-corrected chi connectivity index (χ0v) is 18.2. The van der Waals surface area contributed by atoms with Gasteiger partial charge in [0.1, 0.15) is 11.6 Å². The Kier molecular flexibility index (Phi) is 5.18. The van der Waals surface area contributed by atoms with E-state index in [1.54, 1.807) is 0 Å². The summed E-state index contributed by atoms with van der Waals surface area (Å²) in [6.45, 7) is 6.67. The van der Waals surface area contributed by atoms with Crippen LogP contribution in [0.15, 0.2) is 30.5 Å². The third-order valence-electron chi connectivity index (χ3n) is 6.72. The third-order valence-corrected chi connectivity index (χ3v) is 6.72. The lowest BCUT2D eigenvalue weighted by atomic mass is 9.75. The van der Waals surface area contributed by atoms with E-state index in [1.165, 1.54) is 12.1 Å². The smallest absolute Gasteiger partial charge is 0.132 e. The van der Waals surface area contributed by atoms with Crippen LogP contribution >= 0.6 is 0 Å². The molecule has 5 nitrogen and oxygen atoms in total. The van der Waals surface area contributed by atoms with Gasteiger partial charge in [-0.2, -0.15) is 5.10 Å². The van der Waals surface area contributed by atoms with Gasteiger partial charge in [0.15, 0.2) is 0 Å². The van der Waals surface area contributed by atoms with Crippen molar-refractivity contribution in [2.45, 2.75) is 44.8 Å². The third kappa shape index (κ3) is 3.59. The highest BCUT2D eigenvalue weighted by atomic mass is 19.1. The number of nitrogens with zero attached hydrogens (tertiary/aromatic N) is 2. The van der Waals surface area contributed by atoms with Crippen molar-refractivity contribution in [1.82, 2.24) is 20.4 Å². The van der Waals surface area contributed by atoms with Crippen LogP contribution in [0.5, 0.6) is 0 Å². The Morgan fingerprint density at radius 2 is 1.94 bits per heavy atom. The Morgan fingerprint density at radius 1 is 1.19 bits per heavy atom. The first kappa shape index (κ1) is 20.4. The molecule has 0 saturated carbocycles. The molecule has 0 bridgehead atoms. The molecule has 5 rings (SSSR count). The van der Waals surface area contributed by atoms with Gasteiger partial charge in [-0.05, 0) is 48.7 Å². The van der Waals surface area contributed by atoms with E-state index in [9.17, 15) is 0 Å². The number of hydrogen-bond donors (Lipinski definition) is 3. The number of fused-ring (bicyclic) bond motifs is 3. The minimum atomic E-state index is -0.484. The fraction of sp³-hybridized carbons (Fsp3) is 0.458. The van der Waals surface area contributed by atoms with Crippen LogP contribution < -0.4 is 10.6 Å². The predicted molar refractivity (Wildman–Crippen MR) is 119 cm³/mol. The Hall–Kier alpha value is -2.51. The quantitative estimate of drug-likeness (QED) is 0.573. The number of aromatic nitrogens is 2. The maximum Gasteiger partial charge on any atom is 0.132 e. The Balaban J connectivity index is 1.64. The van der Waals surface area contributed by atoms with E-state index in [0.29, 0.717) is 11.6 Å². The largest absolute Gasteiger partial charge is 0.380 e. The van der Waals surface area contributed by atoms with Gasteiger partial charge in [0, 0.05) is 48.2 Å². The number of nitrogens with one attached hydrogen (secondary N) is 3. The second-order valence-corrected chi connectivity index (χ2v) is 9.41. The minimum Gasteiger partial charge on any atom is -0.380 e. The average Bonchev–Trinajstić information content (AvgIpc) is 3.15. The van der Waals surface area contributed by atoms with E-state index in [-0.39, 0.29) is 23.6 Å². The zero-order valence-electron chi connectivity index (χ0n) is 18.2. The summed E-state index contributed by atoms with van der Waals surface area (Å²) < 4.78 is 31.0. The fourth-order valence-corrected chi connectivity index (χ4v) is 5.13. The highest BCUT2D eigenvalue weighted by Gasteiger charge is 2.38. The molecule has 0 radical (unpaired) electrons. The molecule has 1 saturated heterocycles. The van der Waals surface area contributed by atoms with Crippen LogP contribution in [0, 0.1) is 17.6 Å². The lowest BCUT2D eigenvalue weighted by molar-refractivity contribution is 0.169. The number of anilines is 1. The minimum absolute atomic E-state index is 0.00972. The highest BCUT2D eigenvalue weighted by Crippen LogP contribution is 2.44. The second kappa shape index (κ2) is 7.88. The molecule has 0 amide bonds. The van der Waals surface area contributed by atoms with Crippen LogP contribution in [-0.2, 0) is 6.54 Å². The van der Waals surface area contributed by atoms with Crippen molar-refractivity contribution in [3.05, 3.63) is 58.8 Å². The molecular formula is C24H29F2N5.